The molecule has 2 atom stereocenters. The van der Waals surface area contributed by atoms with Gasteiger partial charge in [0.15, 0.2) is 0 Å². The number of Topliss-reactive ketones (excluding diaryl/α,β-unsaturated/α-hetero) is 1. The predicted octanol–water partition coefficient (Wildman–Crippen LogP) is 1.25. The van der Waals surface area contributed by atoms with Crippen molar-refractivity contribution in [3.05, 3.63) is 0 Å². The maximum Gasteiger partial charge on any atom is 0.149 e. The molecule has 76 valence electrons. The molecule has 0 saturated carbocycles. The summed E-state index contributed by atoms with van der Waals surface area (Å²) in [5.41, 5.74) is 5.45. The zero-order valence-corrected chi connectivity index (χ0v) is 8.29. The van der Waals surface area contributed by atoms with Crippen LogP contribution < -0.4 is 5.73 Å². The van der Waals surface area contributed by atoms with E-state index in [1.165, 1.54) is 6.42 Å². The topological polar surface area (TPSA) is 52.3 Å². The Labute approximate surface area is 79.6 Å². The van der Waals surface area contributed by atoms with Crippen molar-refractivity contribution in [2.75, 3.05) is 6.61 Å². The standard InChI is InChI=1S/C10H19NO2/c1-8(11)10(12)6-2-4-9-5-3-7-13-9/h8-9H,2-7,11H2,1H3. The molecule has 13 heavy (non-hydrogen) atoms. The number of hydrogen-bond acceptors (Lipinski definition) is 3. The van der Waals surface area contributed by atoms with Crippen LogP contribution >= 0.6 is 0 Å². The summed E-state index contributed by atoms with van der Waals surface area (Å²) >= 11 is 0. The fourth-order valence-corrected chi connectivity index (χ4v) is 1.60. The smallest absolute Gasteiger partial charge is 0.149 e. The molecule has 1 rings (SSSR count). The molecule has 1 aliphatic heterocycles. The first-order valence-electron chi connectivity index (χ1n) is 5.10. The lowest BCUT2D eigenvalue weighted by atomic mass is 10.0. The number of ether oxygens (including phenoxy) is 1. The summed E-state index contributed by atoms with van der Waals surface area (Å²) < 4.78 is 5.45. The zero-order chi connectivity index (χ0) is 9.68. The van der Waals surface area contributed by atoms with Crippen LogP contribution in [0.2, 0.25) is 0 Å². The first kappa shape index (κ1) is 10.7. The number of nitrogens with two attached hydrogens (primary N) is 1. The lowest BCUT2D eigenvalue weighted by molar-refractivity contribution is -0.120. The number of carbonyl (C=O) groups is 1. The van der Waals surface area contributed by atoms with Crippen molar-refractivity contribution < 1.29 is 9.53 Å². The third-order valence-electron chi connectivity index (χ3n) is 2.48. The van der Waals surface area contributed by atoms with E-state index in [4.69, 9.17) is 10.5 Å². The van der Waals surface area contributed by atoms with Crippen molar-refractivity contribution in [1.29, 1.82) is 0 Å². The van der Waals surface area contributed by atoms with Crippen LogP contribution in [-0.2, 0) is 9.53 Å². The number of hydrogen-bond donors (Lipinski definition) is 1. The van der Waals surface area contributed by atoms with Crippen molar-refractivity contribution >= 4 is 5.78 Å². The van der Waals surface area contributed by atoms with E-state index < -0.39 is 0 Å². The average Bonchev–Trinajstić information content (AvgIpc) is 2.56. The van der Waals surface area contributed by atoms with Crippen LogP contribution in [0.5, 0.6) is 0 Å². The fraction of sp³-hybridized carbons (Fsp3) is 0.900. The molecule has 0 radical (unpaired) electrons. The Morgan fingerprint density at radius 2 is 2.46 bits per heavy atom. The molecule has 1 heterocycles. The highest BCUT2D eigenvalue weighted by molar-refractivity contribution is 5.83. The van der Waals surface area contributed by atoms with Crippen molar-refractivity contribution in [2.45, 2.75) is 51.2 Å². The van der Waals surface area contributed by atoms with E-state index >= 15 is 0 Å². The van der Waals surface area contributed by atoms with E-state index in [-0.39, 0.29) is 11.8 Å². The van der Waals surface area contributed by atoms with Gasteiger partial charge in [0.1, 0.15) is 5.78 Å². The summed E-state index contributed by atoms with van der Waals surface area (Å²) in [5.74, 6) is 0.165. The predicted molar refractivity (Wildman–Crippen MR) is 51.5 cm³/mol. The second-order valence-electron chi connectivity index (χ2n) is 3.78. The van der Waals surface area contributed by atoms with Gasteiger partial charge in [-0.05, 0) is 32.6 Å². The Morgan fingerprint density at radius 1 is 1.69 bits per heavy atom. The van der Waals surface area contributed by atoms with Crippen LogP contribution in [0.3, 0.4) is 0 Å². The molecule has 0 aromatic carbocycles. The van der Waals surface area contributed by atoms with Crippen molar-refractivity contribution in [2.24, 2.45) is 5.73 Å². The number of ketones is 1. The third kappa shape index (κ3) is 3.87. The van der Waals surface area contributed by atoms with E-state index in [0.717, 1.165) is 25.9 Å². The number of carbonyl (C=O) groups excluding carboxylic acids is 1. The molecule has 1 fully saturated rings. The quantitative estimate of drug-likeness (QED) is 0.701. The van der Waals surface area contributed by atoms with Gasteiger partial charge in [-0.2, -0.15) is 0 Å². The highest BCUT2D eigenvalue weighted by atomic mass is 16.5. The van der Waals surface area contributed by atoms with Crippen LogP contribution in [0.25, 0.3) is 0 Å². The summed E-state index contributed by atoms with van der Waals surface area (Å²) in [5, 5.41) is 0. The molecule has 3 heteroatoms. The van der Waals surface area contributed by atoms with Crippen molar-refractivity contribution in [1.82, 2.24) is 0 Å². The molecule has 0 aromatic rings. The molecule has 0 amide bonds. The van der Waals surface area contributed by atoms with Gasteiger partial charge in [0.05, 0.1) is 12.1 Å². The Balaban J connectivity index is 2.03. The minimum Gasteiger partial charge on any atom is -0.378 e. The number of rotatable bonds is 5. The Morgan fingerprint density at radius 3 is 3.00 bits per heavy atom. The molecule has 1 aliphatic rings. The second kappa shape index (κ2) is 5.35. The highest BCUT2D eigenvalue weighted by Crippen LogP contribution is 2.17. The monoisotopic (exact) mass is 185 g/mol. The second-order valence-corrected chi connectivity index (χ2v) is 3.78. The zero-order valence-electron chi connectivity index (χ0n) is 8.29. The largest absolute Gasteiger partial charge is 0.378 e. The van der Waals surface area contributed by atoms with Gasteiger partial charge in [-0.1, -0.05) is 0 Å². The fourth-order valence-electron chi connectivity index (χ4n) is 1.60. The van der Waals surface area contributed by atoms with Gasteiger partial charge in [0.25, 0.3) is 0 Å². The molecule has 2 N–H and O–H groups in total. The molecular weight excluding hydrogens is 166 g/mol. The van der Waals surface area contributed by atoms with Gasteiger partial charge in [-0.25, -0.2) is 0 Å². The third-order valence-corrected chi connectivity index (χ3v) is 2.48. The minimum atomic E-state index is -0.301. The van der Waals surface area contributed by atoms with Crippen LogP contribution in [0.15, 0.2) is 0 Å². The maximum atomic E-state index is 11.2. The van der Waals surface area contributed by atoms with Gasteiger partial charge >= 0.3 is 0 Å². The van der Waals surface area contributed by atoms with Gasteiger partial charge in [0, 0.05) is 13.0 Å². The minimum absolute atomic E-state index is 0.165. The van der Waals surface area contributed by atoms with Crippen LogP contribution in [0.1, 0.15) is 39.0 Å². The molecule has 0 spiro atoms. The lowest BCUT2D eigenvalue weighted by Crippen LogP contribution is -2.26. The lowest BCUT2D eigenvalue weighted by Gasteiger charge is -2.08. The highest BCUT2D eigenvalue weighted by Gasteiger charge is 2.15. The molecule has 0 aromatic heterocycles. The Kier molecular flexibility index (Phi) is 4.39. The van der Waals surface area contributed by atoms with Gasteiger partial charge in [-0.3, -0.25) is 4.79 Å². The van der Waals surface area contributed by atoms with Gasteiger partial charge in [-0.15, -0.1) is 0 Å². The van der Waals surface area contributed by atoms with E-state index in [0.29, 0.717) is 12.5 Å². The molecule has 1 saturated heterocycles. The van der Waals surface area contributed by atoms with Crippen molar-refractivity contribution in [3.8, 4) is 0 Å². The van der Waals surface area contributed by atoms with E-state index in [9.17, 15) is 4.79 Å². The Bertz CT molecular complexity index is 162. The normalized spacial score (nSPS) is 24.6. The van der Waals surface area contributed by atoms with Gasteiger partial charge in [0.2, 0.25) is 0 Å². The summed E-state index contributed by atoms with van der Waals surface area (Å²) in [4.78, 5) is 11.2. The van der Waals surface area contributed by atoms with Crippen LogP contribution in [0.4, 0.5) is 0 Å². The van der Waals surface area contributed by atoms with Crippen molar-refractivity contribution in [3.63, 3.8) is 0 Å². The summed E-state index contributed by atoms with van der Waals surface area (Å²) in [6, 6.07) is -0.301. The first-order chi connectivity index (χ1) is 6.20. The molecule has 0 aliphatic carbocycles. The maximum absolute atomic E-state index is 11.2. The Hall–Kier alpha value is -0.410. The first-order valence-corrected chi connectivity index (χ1v) is 5.10. The van der Waals surface area contributed by atoms with E-state index in [2.05, 4.69) is 0 Å². The average molecular weight is 185 g/mol. The SMILES string of the molecule is CC(N)C(=O)CCCC1CCCO1. The molecular formula is C10H19NO2. The summed E-state index contributed by atoms with van der Waals surface area (Å²) in [7, 11) is 0. The van der Waals surface area contributed by atoms with Gasteiger partial charge < -0.3 is 10.5 Å². The van der Waals surface area contributed by atoms with Crippen LogP contribution in [0, 0.1) is 0 Å². The molecule has 2 unspecified atom stereocenters. The van der Waals surface area contributed by atoms with E-state index in [1.54, 1.807) is 6.92 Å². The van der Waals surface area contributed by atoms with Crippen LogP contribution in [-0.4, -0.2) is 24.5 Å². The summed E-state index contributed by atoms with van der Waals surface area (Å²) in [6.45, 7) is 2.64. The molecule has 0 bridgehead atoms. The summed E-state index contributed by atoms with van der Waals surface area (Å²) in [6.07, 6.45) is 5.28. The van der Waals surface area contributed by atoms with E-state index in [1.807, 2.05) is 0 Å². The molecule has 3 nitrogen and oxygen atoms in total.